The lowest BCUT2D eigenvalue weighted by Gasteiger charge is -2.48. The Morgan fingerprint density at radius 1 is 1.07 bits per heavy atom. The Bertz CT molecular complexity index is 811. The van der Waals surface area contributed by atoms with Gasteiger partial charge in [0.05, 0.1) is 5.52 Å². The van der Waals surface area contributed by atoms with E-state index in [0.29, 0.717) is 17.7 Å². The first kappa shape index (κ1) is 18.2. The van der Waals surface area contributed by atoms with E-state index < -0.39 is 0 Å². The molecule has 0 radical (unpaired) electrons. The second kappa shape index (κ2) is 7.47. The monoisotopic (exact) mass is 366 g/mol. The number of carbonyl (C=O) groups is 1. The Hall–Kier alpha value is -2.14. The fourth-order valence-electron chi connectivity index (χ4n) is 4.48. The minimum atomic E-state index is 0.299. The number of carbonyl (C=O) groups excluding carboxylic acids is 1. The highest BCUT2D eigenvalue weighted by Gasteiger charge is 2.41. The molecule has 2 fully saturated rings. The Kier molecular flexibility index (Phi) is 5.04. The first-order valence-electron chi connectivity index (χ1n) is 10.1. The van der Waals surface area contributed by atoms with Gasteiger partial charge < -0.3 is 14.7 Å². The largest absolute Gasteiger partial charge is 0.357 e. The van der Waals surface area contributed by atoms with Crippen LogP contribution in [0.2, 0.25) is 0 Å². The van der Waals surface area contributed by atoms with E-state index >= 15 is 0 Å². The minimum absolute atomic E-state index is 0.299. The number of likely N-dealkylation sites (N-methyl/N-ethyl adjacent to an activating group) is 1. The summed E-state index contributed by atoms with van der Waals surface area (Å²) < 4.78 is 0. The molecule has 4 rings (SSSR count). The van der Waals surface area contributed by atoms with E-state index in [-0.39, 0.29) is 0 Å². The molecule has 1 aromatic carbocycles. The molecule has 3 heterocycles. The Morgan fingerprint density at radius 3 is 2.63 bits per heavy atom. The van der Waals surface area contributed by atoms with Crippen LogP contribution in [0.5, 0.6) is 0 Å². The van der Waals surface area contributed by atoms with Crippen molar-refractivity contribution in [1.82, 2.24) is 14.8 Å². The van der Waals surface area contributed by atoms with Crippen LogP contribution in [-0.4, -0.2) is 67.5 Å². The molecule has 144 valence electrons. The summed E-state index contributed by atoms with van der Waals surface area (Å²) in [7, 11) is 4.14. The molecule has 0 N–H and O–H groups in total. The molecule has 5 nitrogen and oxygen atoms in total. The minimum Gasteiger partial charge on any atom is -0.357 e. The van der Waals surface area contributed by atoms with Crippen molar-refractivity contribution in [3.63, 3.8) is 0 Å². The van der Waals surface area contributed by atoms with E-state index in [1.807, 2.05) is 6.07 Å². The molecular formula is C22H30N4O. The zero-order valence-electron chi connectivity index (χ0n) is 16.5. The molecule has 0 saturated carbocycles. The second-order valence-corrected chi connectivity index (χ2v) is 8.47. The summed E-state index contributed by atoms with van der Waals surface area (Å²) in [6, 6.07) is 12.6. The topological polar surface area (TPSA) is 39.7 Å². The number of nitrogens with zero attached hydrogens (tertiary/aromatic N) is 4. The van der Waals surface area contributed by atoms with Gasteiger partial charge in [-0.25, -0.2) is 4.98 Å². The summed E-state index contributed by atoms with van der Waals surface area (Å²) in [5.74, 6) is 1.42. The third kappa shape index (κ3) is 3.93. The van der Waals surface area contributed by atoms with Crippen LogP contribution in [0, 0.1) is 5.41 Å². The number of piperidine rings is 2. The highest BCUT2D eigenvalue weighted by Crippen LogP contribution is 2.41. The second-order valence-electron chi connectivity index (χ2n) is 8.47. The molecule has 1 amide bonds. The lowest BCUT2D eigenvalue weighted by Crippen LogP contribution is -2.52. The number of hydrogen-bond acceptors (Lipinski definition) is 4. The number of aromatic nitrogens is 1. The van der Waals surface area contributed by atoms with Crippen LogP contribution in [0.1, 0.15) is 25.7 Å². The van der Waals surface area contributed by atoms with Crippen LogP contribution in [0.3, 0.4) is 0 Å². The maximum atomic E-state index is 12.3. The Balaban J connectivity index is 1.42. The number of fused-ring (bicyclic) bond motifs is 1. The molecule has 2 aromatic rings. The van der Waals surface area contributed by atoms with Gasteiger partial charge in [-0.3, -0.25) is 4.79 Å². The van der Waals surface area contributed by atoms with E-state index in [0.717, 1.165) is 63.3 Å². The zero-order valence-corrected chi connectivity index (χ0v) is 16.5. The van der Waals surface area contributed by atoms with Crippen LogP contribution in [0.15, 0.2) is 36.4 Å². The quantitative estimate of drug-likeness (QED) is 0.834. The smallest absolute Gasteiger partial charge is 0.222 e. The van der Waals surface area contributed by atoms with Crippen molar-refractivity contribution in [2.75, 3.05) is 51.7 Å². The number of benzene rings is 1. The van der Waals surface area contributed by atoms with Crippen LogP contribution >= 0.6 is 0 Å². The molecule has 27 heavy (non-hydrogen) atoms. The predicted octanol–water partition coefficient (Wildman–Crippen LogP) is 3.01. The SMILES string of the molecule is CN(C)CCN1CC2(CCC1=O)CCN(c1ccc3ccccc3n1)CC2. The average molecular weight is 367 g/mol. The molecule has 0 aliphatic carbocycles. The number of anilines is 1. The van der Waals surface area contributed by atoms with Gasteiger partial charge in [0.2, 0.25) is 5.91 Å². The molecule has 2 aliphatic heterocycles. The maximum Gasteiger partial charge on any atom is 0.222 e. The lowest BCUT2D eigenvalue weighted by molar-refractivity contribution is -0.138. The van der Waals surface area contributed by atoms with Crippen LogP contribution in [0.25, 0.3) is 10.9 Å². The van der Waals surface area contributed by atoms with Crippen molar-refractivity contribution >= 4 is 22.6 Å². The van der Waals surface area contributed by atoms with Crippen molar-refractivity contribution < 1.29 is 4.79 Å². The first-order valence-corrected chi connectivity index (χ1v) is 10.1. The van der Waals surface area contributed by atoms with Crippen molar-refractivity contribution in [2.24, 2.45) is 5.41 Å². The fraction of sp³-hybridized carbons (Fsp3) is 0.545. The van der Waals surface area contributed by atoms with Gasteiger partial charge in [0.15, 0.2) is 0 Å². The van der Waals surface area contributed by atoms with Gasteiger partial charge in [-0.15, -0.1) is 0 Å². The van der Waals surface area contributed by atoms with Crippen LogP contribution < -0.4 is 4.90 Å². The normalized spacial score (nSPS) is 20.0. The predicted molar refractivity (Wildman–Crippen MR) is 110 cm³/mol. The molecule has 0 atom stereocenters. The van der Waals surface area contributed by atoms with Gasteiger partial charge in [0, 0.05) is 44.5 Å². The zero-order chi connectivity index (χ0) is 18.9. The van der Waals surface area contributed by atoms with Gasteiger partial charge >= 0.3 is 0 Å². The number of likely N-dealkylation sites (tertiary alicyclic amines) is 1. The van der Waals surface area contributed by atoms with Crippen molar-refractivity contribution in [2.45, 2.75) is 25.7 Å². The number of para-hydroxylation sites is 1. The van der Waals surface area contributed by atoms with Gasteiger partial charge in [-0.05, 0) is 57.0 Å². The molecule has 2 saturated heterocycles. The van der Waals surface area contributed by atoms with Crippen LogP contribution in [0.4, 0.5) is 5.82 Å². The molecule has 0 bridgehead atoms. The number of rotatable bonds is 4. The van der Waals surface area contributed by atoms with E-state index in [4.69, 9.17) is 4.98 Å². The number of amides is 1. The van der Waals surface area contributed by atoms with Gasteiger partial charge in [0.1, 0.15) is 5.82 Å². The molecule has 2 aliphatic rings. The van der Waals surface area contributed by atoms with Crippen LogP contribution in [-0.2, 0) is 4.79 Å². The Morgan fingerprint density at radius 2 is 1.85 bits per heavy atom. The summed E-state index contributed by atoms with van der Waals surface area (Å²) in [5, 5.41) is 1.19. The molecule has 0 unspecified atom stereocenters. The highest BCUT2D eigenvalue weighted by molar-refractivity contribution is 5.80. The van der Waals surface area contributed by atoms with Gasteiger partial charge in [-0.2, -0.15) is 0 Å². The third-order valence-electron chi connectivity index (χ3n) is 6.30. The molecule has 5 heteroatoms. The van der Waals surface area contributed by atoms with Crippen molar-refractivity contribution in [1.29, 1.82) is 0 Å². The Labute approximate surface area is 162 Å². The summed E-state index contributed by atoms with van der Waals surface area (Å²) in [5.41, 5.74) is 1.36. The molecular weight excluding hydrogens is 336 g/mol. The van der Waals surface area contributed by atoms with E-state index in [9.17, 15) is 4.79 Å². The summed E-state index contributed by atoms with van der Waals surface area (Å²) in [6.07, 6.45) is 4.05. The number of hydrogen-bond donors (Lipinski definition) is 0. The van der Waals surface area contributed by atoms with Gasteiger partial charge in [-0.1, -0.05) is 18.2 Å². The van der Waals surface area contributed by atoms with Gasteiger partial charge in [0.25, 0.3) is 0 Å². The summed E-state index contributed by atoms with van der Waals surface area (Å²) in [4.78, 5) is 23.9. The molecule has 1 aromatic heterocycles. The molecule has 1 spiro atoms. The van der Waals surface area contributed by atoms with Crippen molar-refractivity contribution in [3.05, 3.63) is 36.4 Å². The summed E-state index contributed by atoms with van der Waals surface area (Å²) in [6.45, 7) is 4.78. The van der Waals surface area contributed by atoms with E-state index in [2.05, 4.69) is 59.1 Å². The number of pyridine rings is 1. The standard InChI is InChI=1S/C22H30N4O/c1-24(2)15-16-26-17-22(10-9-21(26)27)11-13-25(14-12-22)20-8-7-18-5-3-4-6-19(18)23-20/h3-8H,9-17H2,1-2H3. The van der Waals surface area contributed by atoms with E-state index in [1.165, 1.54) is 5.39 Å². The highest BCUT2D eigenvalue weighted by atomic mass is 16.2. The fourth-order valence-corrected chi connectivity index (χ4v) is 4.48. The van der Waals surface area contributed by atoms with E-state index in [1.54, 1.807) is 0 Å². The maximum absolute atomic E-state index is 12.3. The first-order chi connectivity index (χ1) is 13.0. The third-order valence-corrected chi connectivity index (χ3v) is 6.30. The average Bonchev–Trinajstić information content (AvgIpc) is 2.69. The lowest BCUT2D eigenvalue weighted by atomic mass is 9.72. The summed E-state index contributed by atoms with van der Waals surface area (Å²) >= 11 is 0. The van der Waals surface area contributed by atoms with Crippen molar-refractivity contribution in [3.8, 4) is 0 Å².